The van der Waals surface area contributed by atoms with Gasteiger partial charge in [-0.05, 0) is 19.1 Å². The van der Waals surface area contributed by atoms with Gasteiger partial charge >= 0.3 is 5.97 Å². The van der Waals surface area contributed by atoms with Crippen LogP contribution in [0.25, 0.3) is 0 Å². The van der Waals surface area contributed by atoms with Gasteiger partial charge in [0.1, 0.15) is 0 Å². The highest BCUT2D eigenvalue weighted by Gasteiger charge is 2.11. The number of hydrogen-bond acceptors (Lipinski definition) is 5. The number of ether oxygens (including phenoxy) is 1. The maximum atomic E-state index is 11.4. The maximum absolute atomic E-state index is 11.4. The van der Waals surface area contributed by atoms with E-state index in [2.05, 4.69) is 17.6 Å². The molecule has 17 heavy (non-hydrogen) atoms. The van der Waals surface area contributed by atoms with E-state index in [-0.39, 0.29) is 12.5 Å². The van der Waals surface area contributed by atoms with Gasteiger partial charge in [-0.1, -0.05) is 6.07 Å². The zero-order valence-electron chi connectivity index (χ0n) is 10.0. The zero-order chi connectivity index (χ0) is 12.5. The first-order chi connectivity index (χ1) is 8.26. The second-order valence-corrected chi connectivity index (χ2v) is 4.01. The van der Waals surface area contributed by atoms with Gasteiger partial charge in [0.15, 0.2) is 0 Å². The number of nitrogens with zero attached hydrogens (tertiary/aromatic N) is 2. The molecule has 94 valence electrons. The van der Waals surface area contributed by atoms with E-state index in [1.54, 1.807) is 13.1 Å². The molecular formula is C12H18N2O2S. The SMILES string of the molecule is CCOC(=O)CN(CCS)Cc1ccccn1. The van der Waals surface area contributed by atoms with E-state index in [1.165, 1.54) is 0 Å². The lowest BCUT2D eigenvalue weighted by Gasteiger charge is -2.19. The van der Waals surface area contributed by atoms with E-state index in [9.17, 15) is 4.79 Å². The number of aromatic nitrogens is 1. The van der Waals surface area contributed by atoms with Gasteiger partial charge < -0.3 is 4.74 Å². The van der Waals surface area contributed by atoms with Crippen molar-refractivity contribution in [2.45, 2.75) is 13.5 Å². The molecule has 0 N–H and O–H groups in total. The number of rotatable bonds is 7. The Kier molecular flexibility index (Phi) is 6.65. The van der Waals surface area contributed by atoms with Crippen molar-refractivity contribution >= 4 is 18.6 Å². The second-order valence-electron chi connectivity index (χ2n) is 3.56. The van der Waals surface area contributed by atoms with Crippen molar-refractivity contribution < 1.29 is 9.53 Å². The minimum absolute atomic E-state index is 0.204. The predicted octanol–water partition coefficient (Wildman–Crippen LogP) is 1.38. The predicted molar refractivity (Wildman–Crippen MR) is 70.0 cm³/mol. The van der Waals surface area contributed by atoms with Crippen LogP contribution in [0, 0.1) is 0 Å². The largest absolute Gasteiger partial charge is 0.465 e. The first-order valence-corrected chi connectivity index (χ1v) is 6.28. The Bertz CT molecular complexity index is 333. The number of pyridine rings is 1. The first kappa shape index (κ1) is 14.0. The van der Waals surface area contributed by atoms with Crippen molar-refractivity contribution in [3.8, 4) is 0 Å². The van der Waals surface area contributed by atoms with Crippen molar-refractivity contribution in [1.82, 2.24) is 9.88 Å². The van der Waals surface area contributed by atoms with Gasteiger partial charge in [-0.25, -0.2) is 0 Å². The monoisotopic (exact) mass is 254 g/mol. The minimum atomic E-state index is -0.204. The van der Waals surface area contributed by atoms with Crippen LogP contribution in [0.15, 0.2) is 24.4 Å². The smallest absolute Gasteiger partial charge is 0.320 e. The maximum Gasteiger partial charge on any atom is 0.320 e. The Morgan fingerprint density at radius 2 is 2.35 bits per heavy atom. The number of carbonyl (C=O) groups is 1. The summed E-state index contributed by atoms with van der Waals surface area (Å²) in [5.74, 6) is 0.497. The lowest BCUT2D eigenvalue weighted by molar-refractivity contribution is -0.144. The first-order valence-electron chi connectivity index (χ1n) is 5.65. The van der Waals surface area contributed by atoms with Crippen LogP contribution in [0.1, 0.15) is 12.6 Å². The molecule has 1 rings (SSSR count). The molecule has 4 nitrogen and oxygen atoms in total. The highest BCUT2D eigenvalue weighted by molar-refractivity contribution is 7.80. The molecule has 0 saturated carbocycles. The quantitative estimate of drug-likeness (QED) is 0.589. The van der Waals surface area contributed by atoms with Crippen LogP contribution in [0.2, 0.25) is 0 Å². The lowest BCUT2D eigenvalue weighted by Crippen LogP contribution is -2.32. The molecule has 0 aromatic carbocycles. The summed E-state index contributed by atoms with van der Waals surface area (Å²) in [7, 11) is 0. The Morgan fingerprint density at radius 1 is 1.53 bits per heavy atom. The highest BCUT2D eigenvalue weighted by atomic mass is 32.1. The molecular weight excluding hydrogens is 236 g/mol. The van der Waals surface area contributed by atoms with Crippen molar-refractivity contribution in [3.05, 3.63) is 30.1 Å². The van der Waals surface area contributed by atoms with Crippen LogP contribution >= 0.6 is 12.6 Å². The van der Waals surface area contributed by atoms with Crippen LogP contribution in [0.5, 0.6) is 0 Å². The van der Waals surface area contributed by atoms with Crippen molar-refractivity contribution in [2.75, 3.05) is 25.4 Å². The van der Waals surface area contributed by atoms with Gasteiger partial charge in [-0.3, -0.25) is 14.7 Å². The van der Waals surface area contributed by atoms with Crippen LogP contribution in [-0.2, 0) is 16.1 Å². The molecule has 1 aromatic heterocycles. The number of esters is 1. The molecule has 0 unspecified atom stereocenters. The molecule has 0 aliphatic rings. The van der Waals surface area contributed by atoms with E-state index >= 15 is 0 Å². The number of carbonyl (C=O) groups excluding carboxylic acids is 1. The molecule has 0 saturated heterocycles. The Balaban J connectivity index is 2.51. The zero-order valence-corrected chi connectivity index (χ0v) is 10.9. The topological polar surface area (TPSA) is 42.4 Å². The van der Waals surface area contributed by atoms with E-state index < -0.39 is 0 Å². The second kappa shape index (κ2) is 8.08. The molecule has 1 aromatic rings. The van der Waals surface area contributed by atoms with Gasteiger partial charge in [0, 0.05) is 25.0 Å². The highest BCUT2D eigenvalue weighted by Crippen LogP contribution is 2.01. The van der Waals surface area contributed by atoms with E-state index in [1.807, 2.05) is 23.1 Å². The van der Waals surface area contributed by atoms with E-state index in [0.717, 1.165) is 12.2 Å². The van der Waals surface area contributed by atoms with Crippen LogP contribution < -0.4 is 0 Å². The van der Waals surface area contributed by atoms with Crippen LogP contribution in [0.3, 0.4) is 0 Å². The third-order valence-corrected chi connectivity index (χ3v) is 2.39. The minimum Gasteiger partial charge on any atom is -0.465 e. The van der Waals surface area contributed by atoms with E-state index in [0.29, 0.717) is 18.9 Å². The fourth-order valence-electron chi connectivity index (χ4n) is 1.47. The van der Waals surface area contributed by atoms with Crippen molar-refractivity contribution in [1.29, 1.82) is 0 Å². The van der Waals surface area contributed by atoms with Gasteiger partial charge in [0.2, 0.25) is 0 Å². The van der Waals surface area contributed by atoms with Gasteiger partial charge in [0.25, 0.3) is 0 Å². The molecule has 0 atom stereocenters. The lowest BCUT2D eigenvalue weighted by atomic mass is 10.3. The number of hydrogen-bond donors (Lipinski definition) is 1. The summed E-state index contributed by atoms with van der Waals surface area (Å²) in [6, 6.07) is 5.75. The molecule has 0 bridgehead atoms. The van der Waals surface area contributed by atoms with Gasteiger partial charge in [-0.15, -0.1) is 0 Å². The van der Waals surface area contributed by atoms with Gasteiger partial charge in [-0.2, -0.15) is 12.6 Å². The summed E-state index contributed by atoms with van der Waals surface area (Å²) in [5.41, 5.74) is 0.943. The van der Waals surface area contributed by atoms with Gasteiger partial charge in [0.05, 0.1) is 18.8 Å². The summed E-state index contributed by atoms with van der Waals surface area (Å²) in [4.78, 5) is 17.6. The van der Waals surface area contributed by atoms with E-state index in [4.69, 9.17) is 4.74 Å². The van der Waals surface area contributed by atoms with Crippen molar-refractivity contribution in [2.24, 2.45) is 0 Å². The summed E-state index contributed by atoms with van der Waals surface area (Å²) in [6.07, 6.45) is 1.75. The molecule has 1 heterocycles. The molecule has 0 aliphatic heterocycles. The Morgan fingerprint density at radius 3 is 2.94 bits per heavy atom. The average Bonchev–Trinajstić information content (AvgIpc) is 2.31. The van der Waals surface area contributed by atoms with Crippen LogP contribution in [-0.4, -0.2) is 41.3 Å². The third-order valence-electron chi connectivity index (χ3n) is 2.19. The van der Waals surface area contributed by atoms with Crippen molar-refractivity contribution in [3.63, 3.8) is 0 Å². The fraction of sp³-hybridized carbons (Fsp3) is 0.500. The summed E-state index contributed by atoms with van der Waals surface area (Å²) < 4.78 is 4.93. The van der Waals surface area contributed by atoms with Crippen LogP contribution in [0.4, 0.5) is 0 Å². The summed E-state index contributed by atoms with van der Waals surface area (Å²) in [5, 5.41) is 0. The molecule has 0 radical (unpaired) electrons. The fourth-order valence-corrected chi connectivity index (χ4v) is 1.75. The standard InChI is InChI=1S/C12H18N2O2S/c1-2-16-12(15)10-14(7-8-17)9-11-5-3-4-6-13-11/h3-6,17H,2,7-10H2,1H3. The average molecular weight is 254 g/mol. The summed E-state index contributed by atoms with van der Waals surface area (Å²) >= 11 is 4.19. The third kappa shape index (κ3) is 5.70. The normalized spacial score (nSPS) is 10.5. The molecule has 0 spiro atoms. The molecule has 0 aliphatic carbocycles. The Labute approximate surface area is 107 Å². The molecule has 5 heteroatoms. The molecule has 0 fully saturated rings. The summed E-state index contributed by atoms with van der Waals surface area (Å²) in [6.45, 7) is 3.88. The Hall–Kier alpha value is -1.07. The molecule has 0 amide bonds. The number of thiol groups is 1.